The lowest BCUT2D eigenvalue weighted by Gasteiger charge is -2.10. The highest BCUT2D eigenvalue weighted by Crippen LogP contribution is 2.30. The molecule has 3 rings (SSSR count). The van der Waals surface area contributed by atoms with E-state index < -0.39 is 0 Å². The van der Waals surface area contributed by atoms with Crippen LogP contribution in [0.4, 0.5) is 0 Å². The number of nitrogens with zero attached hydrogens (tertiary/aromatic N) is 4. The van der Waals surface area contributed by atoms with Gasteiger partial charge in [-0.1, -0.05) is 0 Å². The van der Waals surface area contributed by atoms with Crippen LogP contribution < -0.4 is 0 Å². The highest BCUT2D eigenvalue weighted by Gasteiger charge is 2.32. The van der Waals surface area contributed by atoms with Crippen LogP contribution in [0.5, 0.6) is 0 Å². The van der Waals surface area contributed by atoms with Crippen LogP contribution in [0.3, 0.4) is 0 Å². The van der Waals surface area contributed by atoms with Crippen molar-refractivity contribution in [3.63, 3.8) is 0 Å². The van der Waals surface area contributed by atoms with Gasteiger partial charge in [-0.2, -0.15) is 5.10 Å². The zero-order valence-corrected chi connectivity index (χ0v) is 9.96. The summed E-state index contributed by atoms with van der Waals surface area (Å²) in [6, 6.07) is 3.94. The van der Waals surface area contributed by atoms with Crippen LogP contribution in [0.15, 0.2) is 24.5 Å². The summed E-state index contributed by atoms with van der Waals surface area (Å²) in [4.78, 5) is 16.2. The molecule has 0 bridgehead atoms. The number of amides is 1. The fraction of sp³-hybridized carbons (Fsp3) is 0.300. The molecule has 1 aliphatic rings. The Morgan fingerprint density at radius 3 is 3.06 bits per heavy atom. The van der Waals surface area contributed by atoms with Gasteiger partial charge in [-0.05, 0) is 25.0 Å². The Morgan fingerprint density at radius 2 is 2.38 bits per heavy atom. The molecule has 2 aromatic heterocycles. The lowest BCUT2D eigenvalue weighted by Crippen LogP contribution is -2.23. The van der Waals surface area contributed by atoms with Crippen molar-refractivity contribution in [3.8, 4) is 0 Å². The largest absolute Gasteiger partial charge is 0.284 e. The predicted octanol–water partition coefficient (Wildman–Crippen LogP) is 1.64. The summed E-state index contributed by atoms with van der Waals surface area (Å²) >= 11 is 3.28. The maximum atomic E-state index is 12.0. The van der Waals surface area contributed by atoms with E-state index in [1.165, 1.54) is 0 Å². The molecule has 5 nitrogen and oxygen atoms in total. The van der Waals surface area contributed by atoms with Crippen molar-refractivity contribution in [2.24, 2.45) is 0 Å². The fourth-order valence-corrected chi connectivity index (χ4v) is 2.10. The lowest BCUT2D eigenvalue weighted by molar-refractivity contribution is 0.0868. The summed E-state index contributed by atoms with van der Waals surface area (Å²) in [5.41, 5.74) is 1.10. The zero-order valence-electron chi connectivity index (χ0n) is 8.38. The minimum Gasteiger partial charge on any atom is -0.270 e. The van der Waals surface area contributed by atoms with E-state index in [9.17, 15) is 4.79 Å². The molecule has 0 atom stereocenters. The number of halogens is 1. The number of aromatic nitrogens is 3. The summed E-state index contributed by atoms with van der Waals surface area (Å²) in [5.74, 6) is -0.104. The number of carbonyl (C=O) groups is 1. The van der Waals surface area contributed by atoms with Crippen LogP contribution in [-0.4, -0.2) is 30.5 Å². The van der Waals surface area contributed by atoms with Crippen LogP contribution in [0.1, 0.15) is 23.3 Å². The van der Waals surface area contributed by atoms with Crippen LogP contribution >= 0.6 is 16.1 Å². The normalized spacial score (nSPS) is 15.3. The van der Waals surface area contributed by atoms with E-state index in [0.717, 1.165) is 12.8 Å². The monoisotopic (exact) mass is 280 g/mol. The summed E-state index contributed by atoms with van der Waals surface area (Å²) in [6.07, 6.45) is 5.43. The van der Waals surface area contributed by atoms with Gasteiger partial charge in [-0.3, -0.25) is 8.72 Å². The van der Waals surface area contributed by atoms with Crippen molar-refractivity contribution >= 4 is 27.7 Å². The first-order valence-electron chi connectivity index (χ1n) is 5.05. The molecule has 16 heavy (non-hydrogen) atoms. The van der Waals surface area contributed by atoms with Crippen LogP contribution in [0.25, 0.3) is 5.65 Å². The number of fused-ring (bicyclic) bond motifs is 1. The smallest absolute Gasteiger partial charge is 0.270 e. The van der Waals surface area contributed by atoms with E-state index in [0.29, 0.717) is 17.4 Å². The molecule has 1 saturated carbocycles. The molecule has 1 fully saturated rings. The van der Waals surface area contributed by atoms with Crippen molar-refractivity contribution in [3.05, 3.63) is 30.2 Å². The van der Waals surface area contributed by atoms with Crippen molar-refractivity contribution in [1.29, 1.82) is 0 Å². The van der Waals surface area contributed by atoms with Gasteiger partial charge in [0.05, 0.1) is 22.3 Å². The first-order chi connectivity index (χ1) is 7.75. The number of hydrogen-bond donors (Lipinski definition) is 0. The van der Waals surface area contributed by atoms with Gasteiger partial charge in [0.1, 0.15) is 5.69 Å². The predicted molar refractivity (Wildman–Crippen MR) is 61.1 cm³/mol. The molecule has 0 unspecified atom stereocenters. The number of rotatable bonds is 2. The molecule has 2 heterocycles. The summed E-state index contributed by atoms with van der Waals surface area (Å²) in [5, 5.41) is 4.07. The van der Waals surface area contributed by atoms with Gasteiger partial charge in [0, 0.05) is 12.2 Å². The summed E-state index contributed by atoms with van der Waals surface area (Å²) in [6.45, 7) is 0. The van der Waals surface area contributed by atoms with Gasteiger partial charge in [0.25, 0.3) is 5.91 Å². The van der Waals surface area contributed by atoms with Crippen LogP contribution in [0, 0.1) is 0 Å². The number of hydrogen-bond acceptors (Lipinski definition) is 3. The SMILES string of the molecule is O=C(c1cn2ncccc2n1)N(Br)C1CC1. The minimum absolute atomic E-state index is 0.104. The van der Waals surface area contributed by atoms with Crippen molar-refractivity contribution in [2.45, 2.75) is 18.9 Å². The first-order valence-corrected chi connectivity index (χ1v) is 5.76. The van der Waals surface area contributed by atoms with Crippen molar-refractivity contribution in [1.82, 2.24) is 18.5 Å². The van der Waals surface area contributed by atoms with Crippen LogP contribution in [-0.2, 0) is 0 Å². The molecule has 0 aromatic carbocycles. The lowest BCUT2D eigenvalue weighted by atomic mass is 10.4. The van der Waals surface area contributed by atoms with Crippen molar-refractivity contribution < 1.29 is 4.79 Å². The molecule has 0 spiro atoms. The van der Waals surface area contributed by atoms with Gasteiger partial charge in [0.15, 0.2) is 5.65 Å². The highest BCUT2D eigenvalue weighted by molar-refractivity contribution is 9.07. The molecule has 6 heteroatoms. The second kappa shape index (κ2) is 3.55. The second-order valence-electron chi connectivity index (χ2n) is 3.80. The topological polar surface area (TPSA) is 50.5 Å². The van der Waals surface area contributed by atoms with E-state index in [1.54, 1.807) is 26.9 Å². The van der Waals surface area contributed by atoms with E-state index in [-0.39, 0.29) is 5.91 Å². The molecule has 1 amide bonds. The summed E-state index contributed by atoms with van der Waals surface area (Å²) in [7, 11) is 0. The quantitative estimate of drug-likeness (QED) is 0.786. The van der Waals surface area contributed by atoms with Gasteiger partial charge in [0.2, 0.25) is 0 Å². The Hall–Kier alpha value is -1.43. The maximum Gasteiger partial charge on any atom is 0.284 e. The van der Waals surface area contributed by atoms with Crippen molar-refractivity contribution in [2.75, 3.05) is 0 Å². The first kappa shape index (κ1) is 9.77. The minimum atomic E-state index is -0.104. The van der Waals surface area contributed by atoms with Gasteiger partial charge >= 0.3 is 0 Å². The fourth-order valence-electron chi connectivity index (χ4n) is 1.51. The van der Waals surface area contributed by atoms with Gasteiger partial charge in [-0.25, -0.2) is 9.50 Å². The zero-order chi connectivity index (χ0) is 11.1. The Balaban J connectivity index is 1.95. The third-order valence-corrected chi connectivity index (χ3v) is 3.42. The molecule has 82 valence electrons. The maximum absolute atomic E-state index is 12.0. The Kier molecular flexibility index (Phi) is 2.17. The Labute approximate surface area is 100 Å². The van der Waals surface area contributed by atoms with Crippen LogP contribution in [0.2, 0.25) is 0 Å². The average Bonchev–Trinajstić information content (AvgIpc) is 3.06. The molecule has 0 radical (unpaired) electrons. The molecule has 0 N–H and O–H groups in total. The molecular weight excluding hydrogens is 272 g/mol. The number of carbonyl (C=O) groups excluding carboxylic acids is 1. The molecular formula is C10H9BrN4O. The summed E-state index contributed by atoms with van der Waals surface area (Å²) < 4.78 is 3.18. The van der Waals surface area contributed by atoms with Gasteiger partial charge in [-0.15, -0.1) is 0 Å². The average molecular weight is 281 g/mol. The second-order valence-corrected chi connectivity index (χ2v) is 4.56. The van der Waals surface area contributed by atoms with E-state index in [2.05, 4.69) is 26.2 Å². The highest BCUT2D eigenvalue weighted by atomic mass is 79.9. The Morgan fingerprint density at radius 1 is 1.56 bits per heavy atom. The third-order valence-electron chi connectivity index (χ3n) is 2.52. The Bertz CT molecular complexity index is 515. The molecule has 1 aliphatic carbocycles. The van der Waals surface area contributed by atoms with E-state index in [1.807, 2.05) is 6.07 Å². The molecule has 0 aliphatic heterocycles. The molecule has 0 saturated heterocycles. The van der Waals surface area contributed by atoms with E-state index in [4.69, 9.17) is 0 Å². The third kappa shape index (κ3) is 1.59. The van der Waals surface area contributed by atoms with Gasteiger partial charge < -0.3 is 0 Å². The number of imidazole rings is 1. The standard InChI is InChI=1S/C10H9BrN4O/c11-15(7-3-4-7)10(16)8-6-14-9(13-8)2-1-5-12-14/h1-2,5-7H,3-4H2. The van der Waals surface area contributed by atoms with E-state index >= 15 is 0 Å². The molecule has 2 aromatic rings.